The fraction of sp³-hybridized carbons (Fsp3) is 0.211. The molecule has 128 valence electrons. The molecule has 2 N–H and O–H groups in total. The first-order chi connectivity index (χ1) is 12.0. The molecule has 0 aliphatic carbocycles. The predicted molar refractivity (Wildman–Crippen MR) is 95.8 cm³/mol. The lowest BCUT2D eigenvalue weighted by Crippen LogP contribution is -2.24. The van der Waals surface area contributed by atoms with Crippen LogP contribution in [0.3, 0.4) is 0 Å². The summed E-state index contributed by atoms with van der Waals surface area (Å²) < 4.78 is 5.21. The van der Waals surface area contributed by atoms with Crippen LogP contribution in [0.4, 0.5) is 11.5 Å². The van der Waals surface area contributed by atoms with Gasteiger partial charge in [-0.05, 0) is 50.1 Å². The van der Waals surface area contributed by atoms with E-state index in [1.807, 2.05) is 26.0 Å². The van der Waals surface area contributed by atoms with Crippen molar-refractivity contribution in [1.82, 2.24) is 15.3 Å². The fourth-order valence-electron chi connectivity index (χ4n) is 2.43. The molecule has 0 saturated carbocycles. The Kier molecular flexibility index (Phi) is 4.79. The zero-order valence-corrected chi connectivity index (χ0v) is 14.5. The maximum Gasteiger partial charge on any atom is 0.270 e. The summed E-state index contributed by atoms with van der Waals surface area (Å²) in [6.07, 6.45) is 1.57. The van der Waals surface area contributed by atoms with E-state index in [0.29, 0.717) is 29.6 Å². The number of hydrogen-bond donors (Lipinski definition) is 2. The highest BCUT2D eigenvalue weighted by molar-refractivity contribution is 5.93. The van der Waals surface area contributed by atoms with Gasteiger partial charge in [0.1, 0.15) is 23.1 Å². The van der Waals surface area contributed by atoms with Crippen molar-refractivity contribution < 1.29 is 9.21 Å². The standard InChI is InChI=1S/C19H20N4O2/c1-12-6-7-13(2)16(9-12)23-18-10-17(21-14(3)22-18)19(24)20-11-15-5-4-8-25-15/h4-10H,11H2,1-3H3,(H,20,24)(H,21,22,23). The molecule has 0 atom stereocenters. The SMILES string of the molecule is Cc1ccc(C)c(Nc2cc(C(=O)NCc3ccco3)nc(C)n2)c1. The Bertz CT molecular complexity index is 888. The molecule has 2 heterocycles. The normalized spacial score (nSPS) is 10.5. The van der Waals surface area contributed by atoms with Gasteiger partial charge in [-0.15, -0.1) is 0 Å². The number of hydrogen-bond acceptors (Lipinski definition) is 5. The number of aryl methyl sites for hydroxylation is 3. The lowest BCUT2D eigenvalue weighted by molar-refractivity contribution is 0.0942. The lowest BCUT2D eigenvalue weighted by Gasteiger charge is -2.11. The maximum absolute atomic E-state index is 12.3. The van der Waals surface area contributed by atoms with Crippen LogP contribution >= 0.6 is 0 Å². The van der Waals surface area contributed by atoms with Gasteiger partial charge in [-0.1, -0.05) is 12.1 Å². The number of amides is 1. The first-order valence-electron chi connectivity index (χ1n) is 8.02. The number of benzene rings is 1. The third kappa shape index (κ3) is 4.23. The van der Waals surface area contributed by atoms with Crippen LogP contribution in [0.2, 0.25) is 0 Å². The van der Waals surface area contributed by atoms with E-state index >= 15 is 0 Å². The average molecular weight is 336 g/mol. The third-order valence-corrected chi connectivity index (χ3v) is 3.73. The number of aromatic nitrogens is 2. The molecular formula is C19H20N4O2. The second kappa shape index (κ2) is 7.17. The van der Waals surface area contributed by atoms with Gasteiger partial charge >= 0.3 is 0 Å². The summed E-state index contributed by atoms with van der Waals surface area (Å²) in [4.78, 5) is 20.9. The summed E-state index contributed by atoms with van der Waals surface area (Å²) in [5.74, 6) is 1.53. The van der Waals surface area contributed by atoms with Crippen molar-refractivity contribution in [3.63, 3.8) is 0 Å². The number of carbonyl (C=O) groups excluding carboxylic acids is 1. The number of anilines is 2. The Morgan fingerprint density at radius 2 is 1.96 bits per heavy atom. The molecule has 25 heavy (non-hydrogen) atoms. The lowest BCUT2D eigenvalue weighted by atomic mass is 10.1. The Morgan fingerprint density at radius 1 is 1.12 bits per heavy atom. The molecule has 0 unspecified atom stereocenters. The van der Waals surface area contributed by atoms with E-state index < -0.39 is 0 Å². The van der Waals surface area contributed by atoms with E-state index in [9.17, 15) is 4.79 Å². The molecule has 0 saturated heterocycles. The highest BCUT2D eigenvalue weighted by Crippen LogP contribution is 2.21. The zero-order valence-electron chi connectivity index (χ0n) is 14.5. The minimum absolute atomic E-state index is 0.272. The molecule has 0 fully saturated rings. The second-order valence-electron chi connectivity index (χ2n) is 5.89. The molecule has 0 radical (unpaired) electrons. The smallest absolute Gasteiger partial charge is 0.270 e. The molecule has 3 rings (SSSR count). The molecule has 3 aromatic rings. The summed E-state index contributed by atoms with van der Waals surface area (Å²) in [5, 5.41) is 6.06. The summed E-state index contributed by atoms with van der Waals surface area (Å²) in [6.45, 7) is 6.13. The van der Waals surface area contributed by atoms with Gasteiger partial charge in [0, 0.05) is 11.8 Å². The van der Waals surface area contributed by atoms with Gasteiger partial charge in [-0.25, -0.2) is 9.97 Å². The van der Waals surface area contributed by atoms with Crippen molar-refractivity contribution in [2.45, 2.75) is 27.3 Å². The quantitative estimate of drug-likeness (QED) is 0.743. The number of nitrogens with one attached hydrogen (secondary N) is 2. The summed E-state index contributed by atoms with van der Waals surface area (Å²) in [5.41, 5.74) is 3.52. The van der Waals surface area contributed by atoms with Gasteiger partial charge in [-0.2, -0.15) is 0 Å². The van der Waals surface area contributed by atoms with Crippen LogP contribution in [0.1, 0.15) is 33.2 Å². The number of nitrogens with zero attached hydrogens (tertiary/aromatic N) is 2. The van der Waals surface area contributed by atoms with Crippen LogP contribution in [-0.4, -0.2) is 15.9 Å². The van der Waals surface area contributed by atoms with E-state index in [4.69, 9.17) is 4.42 Å². The molecular weight excluding hydrogens is 316 g/mol. The number of furan rings is 1. The van der Waals surface area contributed by atoms with E-state index in [0.717, 1.165) is 16.8 Å². The Balaban J connectivity index is 1.77. The van der Waals surface area contributed by atoms with Gasteiger partial charge in [0.05, 0.1) is 12.8 Å². The largest absolute Gasteiger partial charge is 0.467 e. The summed E-state index contributed by atoms with van der Waals surface area (Å²) in [6, 6.07) is 11.4. The molecule has 6 heteroatoms. The van der Waals surface area contributed by atoms with E-state index in [2.05, 4.69) is 26.7 Å². The molecule has 0 aliphatic heterocycles. The van der Waals surface area contributed by atoms with Crippen molar-refractivity contribution in [3.05, 3.63) is 71.1 Å². The molecule has 6 nitrogen and oxygen atoms in total. The van der Waals surface area contributed by atoms with Crippen LogP contribution in [0.15, 0.2) is 47.1 Å². The highest BCUT2D eigenvalue weighted by Gasteiger charge is 2.11. The van der Waals surface area contributed by atoms with Gasteiger partial charge in [0.25, 0.3) is 5.91 Å². The molecule has 0 aliphatic rings. The van der Waals surface area contributed by atoms with Crippen molar-refractivity contribution in [2.24, 2.45) is 0 Å². The summed E-state index contributed by atoms with van der Waals surface area (Å²) >= 11 is 0. The Labute approximate surface area is 146 Å². The first kappa shape index (κ1) is 16.7. The van der Waals surface area contributed by atoms with E-state index in [-0.39, 0.29) is 5.91 Å². The van der Waals surface area contributed by atoms with Crippen LogP contribution < -0.4 is 10.6 Å². The van der Waals surface area contributed by atoms with Gasteiger partial charge < -0.3 is 15.1 Å². The molecule has 1 amide bonds. The van der Waals surface area contributed by atoms with E-state index in [1.165, 1.54) is 0 Å². The van der Waals surface area contributed by atoms with Gasteiger partial charge in [0.15, 0.2) is 0 Å². The number of rotatable bonds is 5. The van der Waals surface area contributed by atoms with Crippen LogP contribution in [-0.2, 0) is 6.54 Å². The van der Waals surface area contributed by atoms with Crippen molar-refractivity contribution in [1.29, 1.82) is 0 Å². The van der Waals surface area contributed by atoms with Crippen LogP contribution in [0.5, 0.6) is 0 Å². The topological polar surface area (TPSA) is 80.0 Å². The Hall–Kier alpha value is -3.15. The third-order valence-electron chi connectivity index (χ3n) is 3.73. The summed E-state index contributed by atoms with van der Waals surface area (Å²) in [7, 11) is 0. The van der Waals surface area contributed by atoms with Crippen molar-refractivity contribution in [3.8, 4) is 0 Å². The monoisotopic (exact) mass is 336 g/mol. The molecule has 2 aromatic heterocycles. The fourth-order valence-corrected chi connectivity index (χ4v) is 2.43. The first-order valence-corrected chi connectivity index (χ1v) is 8.02. The molecule has 1 aromatic carbocycles. The van der Waals surface area contributed by atoms with Crippen LogP contribution in [0.25, 0.3) is 0 Å². The molecule has 0 spiro atoms. The minimum atomic E-state index is -0.272. The highest BCUT2D eigenvalue weighted by atomic mass is 16.3. The second-order valence-corrected chi connectivity index (χ2v) is 5.89. The van der Waals surface area contributed by atoms with Gasteiger partial charge in [-0.3, -0.25) is 4.79 Å². The van der Waals surface area contributed by atoms with Crippen molar-refractivity contribution >= 4 is 17.4 Å². The Morgan fingerprint density at radius 3 is 2.72 bits per heavy atom. The van der Waals surface area contributed by atoms with Gasteiger partial charge in [0.2, 0.25) is 0 Å². The minimum Gasteiger partial charge on any atom is -0.467 e. The zero-order chi connectivity index (χ0) is 17.8. The van der Waals surface area contributed by atoms with Crippen LogP contribution in [0, 0.1) is 20.8 Å². The number of carbonyl (C=O) groups is 1. The predicted octanol–water partition coefficient (Wildman–Crippen LogP) is 3.67. The van der Waals surface area contributed by atoms with E-state index in [1.54, 1.807) is 31.4 Å². The maximum atomic E-state index is 12.3. The average Bonchev–Trinajstić information content (AvgIpc) is 3.09. The van der Waals surface area contributed by atoms with Crippen molar-refractivity contribution in [2.75, 3.05) is 5.32 Å². The molecule has 0 bridgehead atoms.